The van der Waals surface area contributed by atoms with Crippen LogP contribution in [0.25, 0.3) is 0 Å². The molecule has 0 N–H and O–H groups in total. The topological polar surface area (TPSA) is 0 Å². The summed E-state index contributed by atoms with van der Waals surface area (Å²) in [6.07, 6.45) is 0. The second kappa shape index (κ2) is 4.70. The third-order valence-electron chi connectivity index (χ3n) is 0.433. The van der Waals surface area contributed by atoms with Gasteiger partial charge in [0.15, 0.2) is 0 Å². The van der Waals surface area contributed by atoms with E-state index < -0.39 is 0 Å². The molecule has 0 unspecified atom stereocenters. The molecule has 0 aromatic heterocycles. The Morgan fingerprint density at radius 3 is 1.43 bits per heavy atom. The van der Waals surface area contributed by atoms with Crippen LogP contribution in [-0.4, -0.2) is 35.1 Å². The van der Waals surface area contributed by atoms with Gasteiger partial charge < -0.3 is 12.4 Å². The van der Waals surface area contributed by atoms with Crippen molar-refractivity contribution in [3.8, 4) is 0 Å². The summed E-state index contributed by atoms with van der Waals surface area (Å²) in [6, 6.07) is 0. The molecule has 0 aliphatic rings. The van der Waals surface area contributed by atoms with E-state index in [0.717, 1.165) is 0 Å². The molecule has 0 atom stereocenters. The van der Waals surface area contributed by atoms with E-state index in [0.29, 0.717) is 20.7 Å². The molecular weight excluding hydrogens is 235 g/mol. The van der Waals surface area contributed by atoms with Crippen LogP contribution >= 0.6 is 0 Å². The van der Waals surface area contributed by atoms with Crippen LogP contribution in [0.3, 0.4) is 0 Å². The minimum Gasteiger partial charge on any atom is -1.00 e. The first-order chi connectivity index (χ1) is 2.56. The first-order valence-corrected chi connectivity index (χ1v) is 8.68. The Labute approximate surface area is 71.0 Å². The van der Waals surface area contributed by atoms with Crippen molar-refractivity contribution in [3.63, 3.8) is 0 Å². The van der Waals surface area contributed by atoms with Gasteiger partial charge in [0.25, 0.3) is 0 Å². The molecule has 0 aromatic rings. The first-order valence-electron chi connectivity index (χ1n) is 1.99. The second-order valence-electron chi connectivity index (χ2n) is 2.26. The average Bonchev–Trinajstić information content (AvgIpc) is 1.35. The maximum Gasteiger partial charge on any atom is -1.00 e. The summed E-state index contributed by atoms with van der Waals surface area (Å²) in [5.41, 5.74) is 0. The molecule has 7 heavy (non-hydrogen) atoms. The van der Waals surface area contributed by atoms with Crippen molar-refractivity contribution < 1.29 is 12.4 Å². The van der Waals surface area contributed by atoms with Crippen LogP contribution < -0.4 is 12.4 Å². The third kappa shape index (κ3) is 11.4. The predicted molar refractivity (Wildman–Crippen MR) is 31.2 cm³/mol. The van der Waals surface area contributed by atoms with Crippen molar-refractivity contribution in [2.75, 3.05) is 0 Å². The van der Waals surface area contributed by atoms with Crippen molar-refractivity contribution in [2.24, 2.45) is 0 Å². The van der Waals surface area contributed by atoms with Crippen molar-refractivity contribution in [3.05, 3.63) is 0 Å². The normalized spacial score (nSPS) is 10.4. The Hall–Kier alpha value is 1.85. The maximum atomic E-state index is 2.31. The Morgan fingerprint density at radius 1 is 1.29 bits per heavy atom. The number of hydrogen-bond donors (Lipinski definition) is 0. The fourth-order valence-electron chi connectivity index (χ4n) is 0. The van der Waals surface area contributed by atoms with E-state index >= 15 is 0 Å². The van der Waals surface area contributed by atoms with Crippen LogP contribution in [-0.2, 0) is 0 Å². The fraction of sp³-hybridized carbons (Fsp3) is 1.00. The summed E-state index contributed by atoms with van der Waals surface area (Å²) < 4.78 is 0.684. The minimum absolute atomic E-state index is 0. The molecule has 3 heteroatoms. The van der Waals surface area contributed by atoms with Gasteiger partial charge >= 0.3 is 59.3 Å². The molecule has 0 radical (unpaired) electrons. The van der Waals surface area contributed by atoms with E-state index in [2.05, 4.69) is 38.7 Å². The molecule has 0 fully saturated rings. The van der Waals surface area contributed by atoms with Crippen molar-refractivity contribution in [2.45, 2.75) is 24.2 Å². The van der Waals surface area contributed by atoms with Crippen LogP contribution in [0.5, 0.6) is 0 Å². The van der Waals surface area contributed by atoms with E-state index in [1.807, 2.05) is 0 Å². The van der Waals surface area contributed by atoms with Crippen LogP contribution in [0.4, 0.5) is 0 Å². The van der Waals surface area contributed by atoms with Gasteiger partial charge in [0.05, 0.1) is 0 Å². The van der Waals surface area contributed by atoms with E-state index in [1.165, 1.54) is 0 Å². The zero-order valence-corrected chi connectivity index (χ0v) is 9.49. The molecule has 0 aliphatic heterocycles. The summed E-state index contributed by atoms with van der Waals surface area (Å²) in [5.74, 6) is 0. The largest absolute Gasteiger partial charge is 1.00 e. The van der Waals surface area contributed by atoms with Crippen LogP contribution in [0.1, 0.15) is 20.8 Å². The Morgan fingerprint density at radius 2 is 1.43 bits per heavy atom. The number of rotatable bonds is 0. The molecular formula is C4H9ClMgTe. The van der Waals surface area contributed by atoms with Gasteiger partial charge in [0, 0.05) is 0 Å². The Balaban J connectivity index is 0. The zero-order chi connectivity index (χ0) is 5.21. The Bertz CT molecular complexity index is 41.4. The molecule has 40 valence electrons. The maximum absolute atomic E-state index is 2.31. The third-order valence-corrected chi connectivity index (χ3v) is 8.71. The van der Waals surface area contributed by atoms with Gasteiger partial charge in [-0.2, -0.15) is 0 Å². The molecule has 0 saturated heterocycles. The van der Waals surface area contributed by atoms with Gasteiger partial charge in [0.2, 0.25) is 0 Å². The van der Waals surface area contributed by atoms with Crippen molar-refractivity contribution in [1.29, 1.82) is 0 Å². The minimum atomic E-state index is 0. The average molecular weight is 244 g/mol. The van der Waals surface area contributed by atoms with Crippen LogP contribution in [0.2, 0.25) is 3.46 Å². The fourth-order valence-corrected chi connectivity index (χ4v) is 0. The van der Waals surface area contributed by atoms with Gasteiger partial charge in [-0.05, 0) is 0 Å². The van der Waals surface area contributed by atoms with Gasteiger partial charge in [-0.25, -0.2) is 0 Å². The summed E-state index contributed by atoms with van der Waals surface area (Å²) >= 11 is 2.51. The standard InChI is InChI=1S/C4H10Te.ClH.Mg/c1-4(2,3)5;;/h5H,1-3H3;1H;/q;;+2/p-2. The summed E-state index contributed by atoms with van der Waals surface area (Å²) in [6.45, 7) is 6.92. The van der Waals surface area contributed by atoms with Gasteiger partial charge in [-0.15, -0.1) is 0 Å². The first kappa shape index (κ1) is 11.6. The molecule has 0 bridgehead atoms. The molecule has 0 nitrogen and oxygen atoms in total. The van der Waals surface area contributed by atoms with Crippen molar-refractivity contribution in [1.82, 2.24) is 0 Å². The predicted octanol–water partition coefficient (Wildman–Crippen LogP) is -2.00. The summed E-state index contributed by atoms with van der Waals surface area (Å²) in [5, 5.41) is 0. The Kier molecular flexibility index (Phi) is 7.80. The number of halogens is 1. The monoisotopic (exact) mass is 246 g/mol. The van der Waals surface area contributed by atoms with Gasteiger partial charge in [-0.3, -0.25) is 0 Å². The molecule has 0 heterocycles. The molecule has 0 spiro atoms. The van der Waals surface area contributed by atoms with Gasteiger partial charge in [0.1, 0.15) is 0 Å². The van der Waals surface area contributed by atoms with E-state index in [9.17, 15) is 0 Å². The molecule has 0 aromatic carbocycles. The van der Waals surface area contributed by atoms with Crippen LogP contribution in [0, 0.1) is 0 Å². The summed E-state index contributed by atoms with van der Waals surface area (Å²) in [4.78, 5) is 0. The quantitative estimate of drug-likeness (QED) is 0.432. The molecule has 0 aliphatic carbocycles. The van der Waals surface area contributed by atoms with Gasteiger partial charge in [-0.1, -0.05) is 0 Å². The summed E-state index contributed by atoms with van der Waals surface area (Å²) in [7, 11) is 0. The van der Waals surface area contributed by atoms with Crippen LogP contribution in [0.15, 0.2) is 0 Å². The van der Waals surface area contributed by atoms with E-state index in [1.54, 1.807) is 0 Å². The smallest absolute Gasteiger partial charge is 1.00 e. The zero-order valence-electron chi connectivity index (χ0n) is 4.99. The van der Waals surface area contributed by atoms with E-state index in [-0.39, 0.29) is 12.4 Å². The molecule has 0 rings (SSSR count). The molecule has 0 saturated carbocycles. The number of hydrogen-bond acceptors (Lipinski definition) is 0. The SMILES string of the molecule is CC(C)(C)[Te][Mg+].[Cl-]. The molecule has 0 amide bonds. The van der Waals surface area contributed by atoms with E-state index in [4.69, 9.17) is 0 Å². The van der Waals surface area contributed by atoms with Crippen molar-refractivity contribution >= 4 is 35.1 Å². The second-order valence-corrected chi connectivity index (χ2v) is 8.51.